The van der Waals surface area contributed by atoms with Crippen LogP contribution in [0.1, 0.15) is 22.4 Å². The summed E-state index contributed by atoms with van der Waals surface area (Å²) in [5.74, 6) is -0.574. The van der Waals surface area contributed by atoms with Crippen LogP contribution in [-0.4, -0.2) is 12.8 Å². The number of hydrogen-bond acceptors (Lipinski definition) is 5. The van der Waals surface area contributed by atoms with Crippen LogP contribution in [0.4, 0.5) is 5.69 Å². The van der Waals surface area contributed by atoms with Crippen molar-refractivity contribution >= 4 is 34.5 Å². The average molecular weight is 442 g/mol. The molecular weight excluding hydrogens is 424 g/mol. The number of nitriles is 2. The first-order chi connectivity index (χ1) is 16.4. The number of carbonyl (C=O) groups excluding carboxylic acids is 1. The van der Waals surface area contributed by atoms with Crippen molar-refractivity contribution in [1.29, 1.82) is 10.5 Å². The number of Topliss-reactive ketones (excluding diaryl/α,β-unsaturated/α-hetero) is 1. The molecule has 0 saturated heterocycles. The van der Waals surface area contributed by atoms with E-state index in [9.17, 15) is 9.90 Å². The lowest BCUT2D eigenvalue weighted by Crippen LogP contribution is -2.35. The van der Waals surface area contributed by atoms with E-state index in [1.165, 1.54) is 0 Å². The van der Waals surface area contributed by atoms with Crippen molar-refractivity contribution in [2.45, 2.75) is 0 Å². The van der Waals surface area contributed by atoms with E-state index in [1.807, 2.05) is 60.0 Å². The molecule has 2 aromatic carbocycles. The number of anilines is 1. The predicted molar refractivity (Wildman–Crippen MR) is 127 cm³/mol. The van der Waals surface area contributed by atoms with Crippen LogP contribution in [0, 0.1) is 22.7 Å². The Labute approximate surface area is 196 Å². The first kappa shape index (κ1) is 20.9. The van der Waals surface area contributed by atoms with E-state index in [0.717, 1.165) is 33.5 Å². The third kappa shape index (κ3) is 3.26. The van der Waals surface area contributed by atoms with E-state index in [4.69, 9.17) is 10.5 Å². The van der Waals surface area contributed by atoms with Gasteiger partial charge < -0.3 is 10.0 Å². The molecule has 0 bridgehead atoms. The van der Waals surface area contributed by atoms with Crippen LogP contribution in [0.5, 0.6) is 0 Å². The number of benzene rings is 2. The van der Waals surface area contributed by atoms with Gasteiger partial charge in [-0.3, -0.25) is 4.79 Å². The SMILES string of the molecule is CN1/C(=C/C2=C([O-])C(=C/c3ccc4cc(C#N)ccc4[n+]3C)/C2=O)C=Cc2cc(C#N)ccc21. The fourth-order valence-electron chi connectivity index (χ4n) is 4.26. The molecule has 1 aromatic heterocycles. The second-order valence-corrected chi connectivity index (χ2v) is 8.18. The van der Waals surface area contributed by atoms with Crippen molar-refractivity contribution in [3.8, 4) is 12.1 Å². The lowest BCUT2D eigenvalue weighted by Gasteiger charge is -2.31. The van der Waals surface area contributed by atoms with Gasteiger partial charge >= 0.3 is 0 Å². The zero-order chi connectivity index (χ0) is 24.0. The van der Waals surface area contributed by atoms with Crippen LogP contribution in [0.25, 0.3) is 23.1 Å². The smallest absolute Gasteiger partial charge is 0.212 e. The molecule has 2 heterocycles. The summed E-state index contributed by atoms with van der Waals surface area (Å²) in [4.78, 5) is 14.7. The Balaban J connectivity index is 1.48. The summed E-state index contributed by atoms with van der Waals surface area (Å²) < 4.78 is 1.89. The van der Waals surface area contributed by atoms with Crippen LogP contribution < -0.4 is 14.6 Å². The van der Waals surface area contributed by atoms with Gasteiger partial charge in [-0.1, -0.05) is 11.8 Å². The van der Waals surface area contributed by atoms with Crippen LogP contribution in [0.15, 0.2) is 83.3 Å². The average Bonchev–Trinajstić information content (AvgIpc) is 2.87. The molecule has 1 aliphatic heterocycles. The zero-order valence-corrected chi connectivity index (χ0v) is 18.5. The number of carbonyl (C=O) groups is 1. The molecule has 34 heavy (non-hydrogen) atoms. The number of pyridine rings is 1. The monoisotopic (exact) mass is 442 g/mol. The maximum atomic E-state index is 12.8. The largest absolute Gasteiger partial charge is 0.871 e. The lowest BCUT2D eigenvalue weighted by molar-refractivity contribution is -0.646. The summed E-state index contributed by atoms with van der Waals surface area (Å²) in [5, 5.41) is 32.0. The Hall–Kier alpha value is -4.94. The second kappa shape index (κ2) is 7.88. The third-order valence-corrected chi connectivity index (χ3v) is 6.24. The standard InChI is InChI=1S/C28H18N4O2/c1-31-21(7-5-19-11-17(15-29)3-9-25(19)31)13-23-27(33)24(28(23)34)14-22-8-6-20-12-18(16-30)4-10-26(20)32(22)2/h3-14H,1-2H3. The van der Waals surface area contributed by atoms with Gasteiger partial charge in [0.05, 0.1) is 23.3 Å². The van der Waals surface area contributed by atoms with Gasteiger partial charge in [0.1, 0.15) is 7.05 Å². The molecule has 0 amide bonds. The number of aryl methyl sites for hydroxylation is 1. The molecule has 3 aromatic rings. The van der Waals surface area contributed by atoms with Gasteiger partial charge in [0.2, 0.25) is 11.2 Å². The van der Waals surface area contributed by atoms with Gasteiger partial charge in [0.25, 0.3) is 0 Å². The Bertz CT molecular complexity index is 1620. The van der Waals surface area contributed by atoms with Gasteiger partial charge in [0.15, 0.2) is 5.78 Å². The number of aromatic nitrogens is 1. The van der Waals surface area contributed by atoms with E-state index in [-0.39, 0.29) is 22.7 Å². The summed E-state index contributed by atoms with van der Waals surface area (Å²) in [6, 6.07) is 18.8. The van der Waals surface area contributed by atoms with Gasteiger partial charge in [-0.05, 0) is 54.1 Å². The molecular formula is C28H18N4O2. The zero-order valence-electron chi connectivity index (χ0n) is 18.5. The Morgan fingerprint density at radius 1 is 0.971 bits per heavy atom. The van der Waals surface area contributed by atoms with Gasteiger partial charge in [-0.2, -0.15) is 15.1 Å². The molecule has 0 radical (unpaired) electrons. The molecule has 6 heteroatoms. The Morgan fingerprint density at radius 3 is 2.44 bits per heavy atom. The quantitative estimate of drug-likeness (QED) is 0.449. The molecule has 0 atom stereocenters. The van der Waals surface area contributed by atoms with Crippen molar-refractivity contribution in [3.63, 3.8) is 0 Å². The molecule has 0 spiro atoms. The van der Waals surface area contributed by atoms with Crippen molar-refractivity contribution < 1.29 is 14.5 Å². The molecule has 162 valence electrons. The number of ketones is 1. The van der Waals surface area contributed by atoms with E-state index in [0.29, 0.717) is 11.1 Å². The minimum absolute atomic E-state index is 0.150. The highest BCUT2D eigenvalue weighted by atomic mass is 16.3. The third-order valence-electron chi connectivity index (χ3n) is 6.24. The number of fused-ring (bicyclic) bond motifs is 2. The van der Waals surface area contributed by atoms with Crippen LogP contribution in [0.3, 0.4) is 0 Å². The van der Waals surface area contributed by atoms with Gasteiger partial charge in [0, 0.05) is 53.2 Å². The molecule has 6 nitrogen and oxygen atoms in total. The lowest BCUT2D eigenvalue weighted by atomic mass is 9.86. The predicted octanol–water partition coefficient (Wildman–Crippen LogP) is 3.04. The minimum Gasteiger partial charge on any atom is -0.871 e. The Kier molecular flexibility index (Phi) is 4.85. The summed E-state index contributed by atoms with van der Waals surface area (Å²) in [6.45, 7) is 0. The fraction of sp³-hybridized carbons (Fsp3) is 0.0714. The summed E-state index contributed by atoms with van der Waals surface area (Å²) in [7, 11) is 3.72. The maximum Gasteiger partial charge on any atom is 0.212 e. The molecule has 0 N–H and O–H groups in total. The topological polar surface area (TPSA) is 94.8 Å². The number of nitrogens with zero attached hydrogens (tertiary/aromatic N) is 4. The normalized spacial score (nSPS) is 17.1. The number of hydrogen-bond donors (Lipinski definition) is 0. The fourth-order valence-corrected chi connectivity index (χ4v) is 4.26. The first-order valence-electron chi connectivity index (χ1n) is 10.6. The summed E-state index contributed by atoms with van der Waals surface area (Å²) in [5.41, 5.74) is 5.58. The van der Waals surface area contributed by atoms with E-state index in [2.05, 4.69) is 12.1 Å². The highest BCUT2D eigenvalue weighted by Crippen LogP contribution is 2.34. The summed E-state index contributed by atoms with van der Waals surface area (Å²) >= 11 is 0. The highest BCUT2D eigenvalue weighted by molar-refractivity contribution is 6.23. The van der Waals surface area contributed by atoms with Crippen LogP contribution in [0.2, 0.25) is 0 Å². The highest BCUT2D eigenvalue weighted by Gasteiger charge is 2.28. The van der Waals surface area contributed by atoms with E-state index in [1.54, 1.807) is 36.4 Å². The van der Waals surface area contributed by atoms with Crippen LogP contribution in [-0.2, 0) is 11.8 Å². The molecule has 1 aliphatic carbocycles. The minimum atomic E-state index is -0.287. The van der Waals surface area contributed by atoms with Gasteiger partial charge in [-0.15, -0.1) is 0 Å². The van der Waals surface area contributed by atoms with Crippen molar-refractivity contribution in [2.24, 2.45) is 7.05 Å². The second-order valence-electron chi connectivity index (χ2n) is 8.18. The van der Waals surface area contributed by atoms with Gasteiger partial charge in [-0.25, -0.2) is 0 Å². The summed E-state index contributed by atoms with van der Waals surface area (Å²) in [6.07, 6.45) is 6.93. The Morgan fingerprint density at radius 2 is 1.71 bits per heavy atom. The number of likely N-dealkylation sites (N-methyl/N-ethyl adjacent to an activating group) is 1. The van der Waals surface area contributed by atoms with E-state index < -0.39 is 0 Å². The van der Waals surface area contributed by atoms with Crippen molar-refractivity contribution in [1.82, 2.24) is 0 Å². The molecule has 5 rings (SSSR count). The molecule has 0 fully saturated rings. The number of rotatable bonds is 2. The van der Waals surface area contributed by atoms with Crippen molar-refractivity contribution in [3.05, 3.63) is 106 Å². The maximum absolute atomic E-state index is 12.8. The molecule has 0 unspecified atom stereocenters. The van der Waals surface area contributed by atoms with Crippen LogP contribution >= 0.6 is 0 Å². The molecule has 2 aliphatic rings. The molecule has 0 saturated carbocycles. The van der Waals surface area contributed by atoms with Crippen molar-refractivity contribution in [2.75, 3.05) is 11.9 Å². The first-order valence-corrected chi connectivity index (χ1v) is 10.6. The van der Waals surface area contributed by atoms with E-state index >= 15 is 0 Å². The number of allylic oxidation sites excluding steroid dienone is 4.